The van der Waals surface area contributed by atoms with Gasteiger partial charge >= 0.3 is 0 Å². The van der Waals surface area contributed by atoms with Gasteiger partial charge in [0.2, 0.25) is 0 Å². The molecule has 0 N–H and O–H groups in total. The third-order valence-corrected chi connectivity index (χ3v) is 5.82. The van der Waals surface area contributed by atoms with Gasteiger partial charge in [0.15, 0.2) is 0 Å². The Kier molecular flexibility index (Phi) is 15.4. The Balaban J connectivity index is 0.000000567. The van der Waals surface area contributed by atoms with Crippen molar-refractivity contribution < 1.29 is 17.5 Å². The van der Waals surface area contributed by atoms with E-state index >= 15 is 0 Å². The maximum absolute atomic E-state index is 10.2. The molecule has 1 rings (SSSR count). The number of unbranched alkanes of at least 4 members (excludes halogenated alkanes) is 4. The van der Waals surface area contributed by atoms with Crippen molar-refractivity contribution in [3.8, 4) is 0 Å². The first-order chi connectivity index (χ1) is 13.3. The second kappa shape index (κ2) is 15.9. The molecular weight excluding hydrogens is 370 g/mol. The van der Waals surface area contributed by atoms with E-state index in [2.05, 4.69) is 27.7 Å². The minimum atomic E-state index is -4.13. The van der Waals surface area contributed by atoms with Crippen molar-refractivity contribution in [1.29, 1.82) is 0 Å². The molecule has 0 radical (unpaired) electrons. The normalized spacial score (nSPS) is 11.8. The van der Waals surface area contributed by atoms with Crippen LogP contribution in [-0.2, 0) is 15.9 Å². The van der Waals surface area contributed by atoms with Crippen molar-refractivity contribution in [2.45, 2.75) is 84.8 Å². The molecule has 0 bridgehead atoms. The molecule has 0 heterocycles. The van der Waals surface area contributed by atoms with Crippen LogP contribution in [0.5, 0.6) is 0 Å². The topological polar surface area (TPSA) is 57.2 Å². The fourth-order valence-corrected chi connectivity index (χ4v) is 4.02. The zero-order valence-electron chi connectivity index (χ0n) is 18.7. The van der Waals surface area contributed by atoms with Crippen LogP contribution in [0.1, 0.15) is 84.6 Å². The molecule has 0 fully saturated rings. The molecule has 0 amide bonds. The van der Waals surface area contributed by atoms with Gasteiger partial charge < -0.3 is 9.04 Å². The van der Waals surface area contributed by atoms with Gasteiger partial charge in [0, 0.05) is 0 Å². The maximum atomic E-state index is 10.2. The molecule has 0 atom stereocenters. The fraction of sp³-hybridized carbons (Fsp3) is 0.739. The summed E-state index contributed by atoms with van der Waals surface area (Å²) in [4.78, 5) is 0. The van der Waals surface area contributed by atoms with Gasteiger partial charge in [-0.15, -0.1) is 0 Å². The molecule has 5 heteroatoms. The molecule has 1 aromatic carbocycles. The highest BCUT2D eigenvalue weighted by atomic mass is 32.2. The highest BCUT2D eigenvalue weighted by Gasteiger charge is 2.24. The average molecular weight is 414 g/mol. The van der Waals surface area contributed by atoms with E-state index in [1.54, 1.807) is 30.3 Å². The van der Waals surface area contributed by atoms with Crippen LogP contribution >= 0.6 is 0 Å². The zero-order chi connectivity index (χ0) is 21.3. The van der Waals surface area contributed by atoms with Gasteiger partial charge in [-0.25, -0.2) is 8.42 Å². The summed E-state index contributed by atoms with van der Waals surface area (Å²) in [6, 6.07) is 8.37. The third-order valence-electron chi connectivity index (χ3n) is 5.13. The Morgan fingerprint density at radius 2 is 1.07 bits per heavy atom. The smallest absolute Gasteiger partial charge is 0.0988 e. The summed E-state index contributed by atoms with van der Waals surface area (Å²) in [5.74, 6) is -0.423. The quantitative estimate of drug-likeness (QED) is 0.289. The van der Waals surface area contributed by atoms with E-state index < -0.39 is 15.9 Å². The monoisotopic (exact) mass is 413 g/mol. The van der Waals surface area contributed by atoms with Crippen LogP contribution in [0, 0.1) is 0 Å². The largest absolute Gasteiger partial charge is 0.748 e. The number of rotatable bonds is 14. The summed E-state index contributed by atoms with van der Waals surface area (Å²) in [5.41, 5.74) is 0.530. The van der Waals surface area contributed by atoms with Gasteiger partial charge in [0.1, 0.15) is 0 Å². The Morgan fingerprint density at radius 1 is 0.714 bits per heavy atom. The number of nitrogens with zero attached hydrogens (tertiary/aromatic N) is 1. The van der Waals surface area contributed by atoms with E-state index in [4.69, 9.17) is 0 Å². The first-order valence-corrected chi connectivity index (χ1v) is 12.7. The molecule has 0 saturated carbocycles. The first kappa shape index (κ1) is 27.1. The number of hydrogen-bond acceptors (Lipinski definition) is 3. The first-order valence-electron chi connectivity index (χ1n) is 11.1. The van der Waals surface area contributed by atoms with E-state index in [0.29, 0.717) is 5.56 Å². The summed E-state index contributed by atoms with van der Waals surface area (Å²) >= 11 is 0. The predicted molar refractivity (Wildman–Crippen MR) is 119 cm³/mol. The van der Waals surface area contributed by atoms with Gasteiger partial charge in [-0.05, 0) is 31.2 Å². The van der Waals surface area contributed by atoms with Crippen molar-refractivity contribution >= 4 is 10.1 Å². The van der Waals surface area contributed by atoms with Crippen LogP contribution in [0.15, 0.2) is 30.3 Å². The van der Waals surface area contributed by atoms with Crippen molar-refractivity contribution in [3.05, 3.63) is 35.9 Å². The third kappa shape index (κ3) is 14.1. The van der Waals surface area contributed by atoms with Crippen LogP contribution in [0.2, 0.25) is 0 Å². The maximum Gasteiger partial charge on any atom is 0.0988 e. The van der Waals surface area contributed by atoms with E-state index in [0.717, 1.165) is 0 Å². The van der Waals surface area contributed by atoms with E-state index in [1.807, 2.05) is 0 Å². The van der Waals surface area contributed by atoms with Crippen LogP contribution in [0.25, 0.3) is 0 Å². The number of quaternary nitrogens is 1. The van der Waals surface area contributed by atoms with E-state index in [9.17, 15) is 13.0 Å². The lowest BCUT2D eigenvalue weighted by molar-refractivity contribution is -0.929. The predicted octanol–water partition coefficient (Wildman–Crippen LogP) is 5.74. The number of benzene rings is 1. The molecule has 4 nitrogen and oxygen atoms in total. The standard InChI is InChI=1S/C16H36N.C7H8O3S/c1-5-9-13-17(14-10-6-2,15-11-7-3)16-12-8-4;8-11(9,10)6-7-4-2-1-3-5-7/h5-16H2,1-4H3;1-5H,6H2,(H,8,9,10)/q+1;/p-1. The summed E-state index contributed by atoms with van der Waals surface area (Å²) in [7, 11) is -4.13. The highest BCUT2D eigenvalue weighted by Crippen LogP contribution is 2.16. The summed E-state index contributed by atoms with van der Waals surface area (Å²) in [5, 5.41) is 0. The molecule has 164 valence electrons. The fourth-order valence-electron chi connectivity index (χ4n) is 3.42. The summed E-state index contributed by atoms with van der Waals surface area (Å²) in [6.07, 6.45) is 11.1. The molecule has 0 unspecified atom stereocenters. The van der Waals surface area contributed by atoms with Crippen molar-refractivity contribution in [1.82, 2.24) is 0 Å². The second-order valence-corrected chi connectivity index (χ2v) is 9.24. The van der Waals surface area contributed by atoms with Crippen LogP contribution < -0.4 is 0 Å². The Morgan fingerprint density at radius 3 is 1.36 bits per heavy atom. The Bertz CT molecular complexity index is 535. The van der Waals surface area contributed by atoms with Crippen molar-refractivity contribution in [3.63, 3.8) is 0 Å². The van der Waals surface area contributed by atoms with Crippen LogP contribution in [-0.4, -0.2) is 43.6 Å². The minimum absolute atomic E-state index is 0.423. The Labute approximate surface area is 174 Å². The second-order valence-electron chi connectivity index (χ2n) is 7.84. The molecule has 1 aromatic rings. The molecular formula is C23H43NO3S. The van der Waals surface area contributed by atoms with Gasteiger partial charge in [0.05, 0.1) is 42.1 Å². The molecule has 0 saturated heterocycles. The molecule has 28 heavy (non-hydrogen) atoms. The highest BCUT2D eigenvalue weighted by molar-refractivity contribution is 7.84. The molecule has 0 aromatic heterocycles. The molecule has 0 spiro atoms. The van der Waals surface area contributed by atoms with Crippen LogP contribution in [0.4, 0.5) is 0 Å². The van der Waals surface area contributed by atoms with Crippen molar-refractivity contribution in [2.75, 3.05) is 26.2 Å². The van der Waals surface area contributed by atoms with Gasteiger partial charge in [0.25, 0.3) is 0 Å². The zero-order valence-corrected chi connectivity index (χ0v) is 19.5. The van der Waals surface area contributed by atoms with E-state index in [1.165, 1.54) is 82.0 Å². The molecule has 0 aliphatic rings. The van der Waals surface area contributed by atoms with Crippen LogP contribution in [0.3, 0.4) is 0 Å². The number of hydrogen-bond donors (Lipinski definition) is 0. The summed E-state index contributed by atoms with van der Waals surface area (Å²) < 4.78 is 32.2. The van der Waals surface area contributed by atoms with E-state index in [-0.39, 0.29) is 0 Å². The average Bonchev–Trinajstić information content (AvgIpc) is 2.67. The lowest BCUT2D eigenvalue weighted by atomic mass is 10.1. The van der Waals surface area contributed by atoms with Crippen molar-refractivity contribution in [2.24, 2.45) is 0 Å². The van der Waals surface area contributed by atoms with Gasteiger partial charge in [-0.2, -0.15) is 0 Å². The lowest BCUT2D eigenvalue weighted by Crippen LogP contribution is -2.50. The van der Waals surface area contributed by atoms with Gasteiger partial charge in [-0.1, -0.05) is 83.7 Å². The minimum Gasteiger partial charge on any atom is -0.748 e. The SMILES string of the molecule is CCCC[N+](CCCC)(CCCC)CCCC.O=S(=O)([O-])Cc1ccccc1. The molecule has 0 aliphatic carbocycles. The van der Waals surface area contributed by atoms with Gasteiger partial charge in [-0.3, -0.25) is 0 Å². The molecule has 0 aliphatic heterocycles. The summed E-state index contributed by atoms with van der Waals surface area (Å²) in [6.45, 7) is 15.0. The lowest BCUT2D eigenvalue weighted by Gasteiger charge is -2.39. The Hall–Kier alpha value is -0.910.